The van der Waals surface area contributed by atoms with Gasteiger partial charge in [-0.05, 0) is 37.6 Å². The van der Waals surface area contributed by atoms with Crippen LogP contribution in [0.25, 0.3) is 16.9 Å². The second-order valence-electron chi connectivity index (χ2n) is 6.82. The van der Waals surface area contributed by atoms with E-state index < -0.39 is 0 Å². The van der Waals surface area contributed by atoms with Crippen molar-refractivity contribution in [1.82, 2.24) is 25.3 Å². The zero-order valence-electron chi connectivity index (χ0n) is 15.9. The predicted octanol–water partition coefficient (Wildman–Crippen LogP) is 4.56. The normalized spacial score (nSPS) is 12.2. The van der Waals surface area contributed by atoms with Crippen LogP contribution in [0.2, 0.25) is 0 Å². The van der Waals surface area contributed by atoms with E-state index in [1.807, 2.05) is 43.6 Å². The molecule has 4 rings (SSSR count). The minimum Gasteiger partial charge on any atom is -0.306 e. The molecule has 0 aliphatic carbocycles. The molecule has 0 bridgehead atoms. The van der Waals surface area contributed by atoms with Gasteiger partial charge >= 0.3 is 0 Å². The molecule has 28 heavy (non-hydrogen) atoms. The molecule has 142 valence electrons. The molecule has 0 aliphatic rings. The van der Waals surface area contributed by atoms with Crippen molar-refractivity contribution < 1.29 is 4.39 Å². The first kappa shape index (κ1) is 18.1. The van der Waals surface area contributed by atoms with Crippen molar-refractivity contribution in [2.24, 2.45) is 0 Å². The second kappa shape index (κ2) is 7.78. The minimum atomic E-state index is -0.270. The zero-order valence-corrected chi connectivity index (χ0v) is 15.9. The van der Waals surface area contributed by atoms with E-state index in [2.05, 4.69) is 39.7 Å². The fourth-order valence-electron chi connectivity index (χ4n) is 3.39. The van der Waals surface area contributed by atoms with Crippen LogP contribution in [0.15, 0.2) is 67.0 Å². The summed E-state index contributed by atoms with van der Waals surface area (Å²) in [7, 11) is 0. The van der Waals surface area contributed by atoms with Gasteiger partial charge < -0.3 is 5.32 Å². The SMILES string of the molecule is Cc1c([C@@H](C)NCc2cn[nH]c2-c2ccccc2)cnn1-c1cccc(F)c1. The molecule has 2 N–H and O–H groups in total. The van der Waals surface area contributed by atoms with Crippen LogP contribution in [0.1, 0.15) is 29.8 Å². The quantitative estimate of drug-likeness (QED) is 0.519. The van der Waals surface area contributed by atoms with Gasteiger partial charge in [0.15, 0.2) is 0 Å². The fourth-order valence-corrected chi connectivity index (χ4v) is 3.39. The Balaban J connectivity index is 1.50. The highest BCUT2D eigenvalue weighted by Gasteiger charge is 2.15. The lowest BCUT2D eigenvalue weighted by Gasteiger charge is -2.14. The van der Waals surface area contributed by atoms with Crippen LogP contribution in [-0.2, 0) is 6.54 Å². The van der Waals surface area contributed by atoms with Crippen molar-refractivity contribution in [2.45, 2.75) is 26.4 Å². The third-order valence-corrected chi connectivity index (χ3v) is 4.95. The Bertz CT molecular complexity index is 1070. The van der Waals surface area contributed by atoms with Crippen LogP contribution >= 0.6 is 0 Å². The zero-order chi connectivity index (χ0) is 19.5. The van der Waals surface area contributed by atoms with Crippen molar-refractivity contribution in [3.8, 4) is 16.9 Å². The number of hydrogen-bond acceptors (Lipinski definition) is 3. The molecule has 0 saturated heterocycles. The van der Waals surface area contributed by atoms with Gasteiger partial charge in [-0.2, -0.15) is 10.2 Å². The lowest BCUT2D eigenvalue weighted by Crippen LogP contribution is -2.18. The van der Waals surface area contributed by atoms with E-state index in [1.54, 1.807) is 10.7 Å². The summed E-state index contributed by atoms with van der Waals surface area (Å²) in [5.41, 5.74) is 6.02. The van der Waals surface area contributed by atoms with Gasteiger partial charge in [0.1, 0.15) is 5.82 Å². The van der Waals surface area contributed by atoms with E-state index in [9.17, 15) is 4.39 Å². The highest BCUT2D eigenvalue weighted by Crippen LogP contribution is 2.23. The first-order valence-electron chi connectivity index (χ1n) is 9.25. The van der Waals surface area contributed by atoms with Crippen LogP contribution in [0.3, 0.4) is 0 Å². The third-order valence-electron chi connectivity index (χ3n) is 4.95. The van der Waals surface area contributed by atoms with Gasteiger partial charge in [-0.15, -0.1) is 0 Å². The van der Waals surface area contributed by atoms with E-state index in [0.29, 0.717) is 6.54 Å². The Morgan fingerprint density at radius 3 is 2.71 bits per heavy atom. The fraction of sp³-hybridized carbons (Fsp3) is 0.182. The summed E-state index contributed by atoms with van der Waals surface area (Å²) in [5, 5.41) is 15.3. The number of benzene rings is 2. The monoisotopic (exact) mass is 375 g/mol. The predicted molar refractivity (Wildman–Crippen MR) is 108 cm³/mol. The Morgan fingerprint density at radius 1 is 1.11 bits per heavy atom. The van der Waals surface area contributed by atoms with Crippen LogP contribution < -0.4 is 5.32 Å². The van der Waals surface area contributed by atoms with Gasteiger partial charge in [0.05, 0.1) is 23.8 Å². The summed E-state index contributed by atoms with van der Waals surface area (Å²) in [6.45, 7) is 4.77. The maximum atomic E-state index is 13.5. The lowest BCUT2D eigenvalue weighted by molar-refractivity contribution is 0.572. The number of nitrogens with one attached hydrogen (secondary N) is 2. The van der Waals surface area contributed by atoms with Gasteiger partial charge in [0.25, 0.3) is 0 Å². The molecule has 0 aliphatic heterocycles. The molecule has 0 saturated carbocycles. The van der Waals surface area contributed by atoms with Crippen molar-refractivity contribution in [3.63, 3.8) is 0 Å². The third kappa shape index (κ3) is 3.59. The van der Waals surface area contributed by atoms with E-state index >= 15 is 0 Å². The highest BCUT2D eigenvalue weighted by molar-refractivity contribution is 5.62. The topological polar surface area (TPSA) is 58.5 Å². The first-order chi connectivity index (χ1) is 13.6. The standard InChI is InChI=1S/C22H22FN5/c1-15(21-14-26-28(16(21)2)20-10-6-9-19(23)11-20)24-12-18-13-25-27-22(18)17-7-4-3-5-8-17/h3-11,13-15,24H,12H2,1-2H3,(H,25,27)/t15-/m1/s1. The Kier molecular flexibility index (Phi) is 5.04. The molecular formula is C22H22FN5. The van der Waals surface area contributed by atoms with E-state index in [-0.39, 0.29) is 11.9 Å². The van der Waals surface area contributed by atoms with Crippen LogP contribution in [0.5, 0.6) is 0 Å². The van der Waals surface area contributed by atoms with E-state index in [4.69, 9.17) is 0 Å². The van der Waals surface area contributed by atoms with Gasteiger partial charge in [-0.3, -0.25) is 5.10 Å². The van der Waals surface area contributed by atoms with Gasteiger partial charge in [-0.25, -0.2) is 9.07 Å². The molecule has 0 amide bonds. The molecule has 4 aromatic rings. The Morgan fingerprint density at radius 2 is 1.93 bits per heavy atom. The number of H-pyrrole nitrogens is 1. The van der Waals surface area contributed by atoms with Gasteiger partial charge in [0.2, 0.25) is 0 Å². The van der Waals surface area contributed by atoms with Crippen LogP contribution in [-0.4, -0.2) is 20.0 Å². The summed E-state index contributed by atoms with van der Waals surface area (Å²) >= 11 is 0. The van der Waals surface area contributed by atoms with E-state index in [1.165, 1.54) is 12.1 Å². The average Bonchev–Trinajstić information content (AvgIpc) is 3.33. The lowest BCUT2D eigenvalue weighted by atomic mass is 10.1. The van der Waals surface area contributed by atoms with Gasteiger partial charge in [0, 0.05) is 29.4 Å². The van der Waals surface area contributed by atoms with Crippen LogP contribution in [0, 0.1) is 12.7 Å². The summed E-state index contributed by atoms with van der Waals surface area (Å²) in [5.74, 6) is -0.270. The smallest absolute Gasteiger partial charge is 0.125 e. The first-order valence-corrected chi connectivity index (χ1v) is 9.25. The number of aromatic nitrogens is 4. The number of nitrogens with zero attached hydrogens (tertiary/aromatic N) is 3. The molecule has 2 heterocycles. The Labute approximate surface area is 163 Å². The summed E-state index contributed by atoms with van der Waals surface area (Å²) < 4.78 is 15.3. The molecule has 0 unspecified atom stereocenters. The largest absolute Gasteiger partial charge is 0.306 e. The molecule has 6 heteroatoms. The van der Waals surface area contributed by atoms with E-state index in [0.717, 1.165) is 33.8 Å². The second-order valence-corrected chi connectivity index (χ2v) is 6.82. The minimum absolute atomic E-state index is 0.0841. The summed E-state index contributed by atoms with van der Waals surface area (Å²) in [4.78, 5) is 0. The molecular weight excluding hydrogens is 353 g/mol. The van der Waals surface area contributed by atoms with Crippen molar-refractivity contribution >= 4 is 0 Å². The Hall–Kier alpha value is -3.25. The number of rotatable bonds is 6. The van der Waals surface area contributed by atoms with Gasteiger partial charge in [-0.1, -0.05) is 36.4 Å². The number of aromatic amines is 1. The molecule has 1 atom stereocenters. The summed E-state index contributed by atoms with van der Waals surface area (Å²) in [6.07, 6.45) is 3.69. The molecule has 0 spiro atoms. The number of hydrogen-bond donors (Lipinski definition) is 2. The van der Waals surface area contributed by atoms with Crippen LogP contribution in [0.4, 0.5) is 4.39 Å². The molecule has 2 aromatic carbocycles. The summed E-state index contributed by atoms with van der Waals surface area (Å²) in [6, 6.07) is 16.7. The maximum Gasteiger partial charge on any atom is 0.125 e. The van der Waals surface area contributed by atoms with Crippen molar-refractivity contribution in [3.05, 3.63) is 89.6 Å². The molecule has 0 fully saturated rings. The average molecular weight is 375 g/mol. The molecule has 0 radical (unpaired) electrons. The molecule has 5 nitrogen and oxygen atoms in total. The maximum absolute atomic E-state index is 13.5. The molecule has 2 aromatic heterocycles. The number of halogens is 1. The highest BCUT2D eigenvalue weighted by atomic mass is 19.1. The van der Waals surface area contributed by atoms with Crippen molar-refractivity contribution in [1.29, 1.82) is 0 Å². The van der Waals surface area contributed by atoms with Crippen molar-refractivity contribution in [2.75, 3.05) is 0 Å².